The maximum absolute atomic E-state index is 5.88. The molecule has 1 heterocycles. The van der Waals surface area contributed by atoms with Gasteiger partial charge in [-0.15, -0.1) is 5.10 Å². The van der Waals surface area contributed by atoms with E-state index in [9.17, 15) is 0 Å². The van der Waals surface area contributed by atoms with E-state index in [0.717, 1.165) is 16.6 Å². The minimum absolute atomic E-state index is 0.419. The lowest BCUT2D eigenvalue weighted by molar-refractivity contribution is 0.00751. The van der Waals surface area contributed by atoms with E-state index in [1.165, 1.54) is 37.2 Å². The van der Waals surface area contributed by atoms with Gasteiger partial charge in [0.05, 0.1) is 12.7 Å². The molecule has 0 aromatic carbocycles. The second kappa shape index (κ2) is 5.59. The summed E-state index contributed by atoms with van der Waals surface area (Å²) in [6, 6.07) is 0. The molecule has 1 fully saturated rings. The highest BCUT2D eigenvalue weighted by molar-refractivity contribution is 7.10. The molecule has 5 heteroatoms. The summed E-state index contributed by atoms with van der Waals surface area (Å²) in [7, 11) is 1.89. The van der Waals surface area contributed by atoms with E-state index in [1.807, 2.05) is 7.05 Å². The van der Waals surface area contributed by atoms with Gasteiger partial charge in [-0.25, -0.2) is 0 Å². The monoisotopic (exact) mass is 241 g/mol. The van der Waals surface area contributed by atoms with Crippen LogP contribution in [0.15, 0.2) is 0 Å². The number of rotatable bonds is 4. The number of hydrogen-bond acceptors (Lipinski definition) is 5. The first-order valence-corrected chi connectivity index (χ1v) is 6.67. The summed E-state index contributed by atoms with van der Waals surface area (Å²) in [5, 5.41) is 8.17. The number of nitrogens with zero attached hydrogens (tertiary/aromatic N) is 2. The lowest BCUT2D eigenvalue weighted by Gasteiger charge is -2.25. The van der Waals surface area contributed by atoms with Gasteiger partial charge < -0.3 is 10.1 Å². The lowest BCUT2D eigenvalue weighted by Crippen LogP contribution is -2.20. The Labute approximate surface area is 101 Å². The Morgan fingerprint density at radius 3 is 2.81 bits per heavy atom. The third-order valence-corrected chi connectivity index (χ3v) is 3.99. The van der Waals surface area contributed by atoms with Crippen LogP contribution in [0.3, 0.4) is 0 Å². The lowest BCUT2D eigenvalue weighted by atomic mass is 9.89. The minimum atomic E-state index is 0.419. The van der Waals surface area contributed by atoms with Crippen molar-refractivity contribution in [1.29, 1.82) is 0 Å². The van der Waals surface area contributed by atoms with Gasteiger partial charge in [0.25, 0.3) is 0 Å². The van der Waals surface area contributed by atoms with Gasteiger partial charge in [0.2, 0.25) is 0 Å². The van der Waals surface area contributed by atoms with Gasteiger partial charge in [-0.2, -0.15) is 0 Å². The molecule has 2 rings (SSSR count). The Morgan fingerprint density at radius 2 is 2.12 bits per heavy atom. The quantitative estimate of drug-likeness (QED) is 0.880. The Balaban J connectivity index is 1.79. The molecule has 0 radical (unpaired) electrons. The molecule has 0 bridgehead atoms. The van der Waals surface area contributed by atoms with Crippen LogP contribution in [-0.4, -0.2) is 22.7 Å². The van der Waals surface area contributed by atoms with E-state index < -0.39 is 0 Å². The normalized spacial score (nSPS) is 25.6. The molecule has 0 unspecified atom stereocenters. The van der Waals surface area contributed by atoms with Crippen LogP contribution in [0.5, 0.6) is 0 Å². The van der Waals surface area contributed by atoms with Crippen LogP contribution in [0, 0.1) is 5.92 Å². The number of aromatic nitrogens is 2. The Morgan fingerprint density at radius 1 is 1.38 bits per heavy atom. The average molecular weight is 241 g/mol. The van der Waals surface area contributed by atoms with E-state index in [-0.39, 0.29) is 0 Å². The first-order valence-electron chi connectivity index (χ1n) is 5.90. The molecular formula is C11H19N3OS. The van der Waals surface area contributed by atoms with E-state index >= 15 is 0 Å². The standard InChI is InChI=1S/C11H19N3OS/c1-8-3-5-9(6-4-8)15-7-10-11(12-2)16-14-13-10/h8-9,12H,3-7H2,1-2H3. The van der Waals surface area contributed by atoms with Crippen molar-refractivity contribution in [2.24, 2.45) is 5.92 Å². The molecule has 0 spiro atoms. The molecule has 16 heavy (non-hydrogen) atoms. The predicted octanol–water partition coefficient (Wildman–Crippen LogP) is 2.68. The number of ether oxygens (including phenoxy) is 1. The highest BCUT2D eigenvalue weighted by atomic mass is 32.1. The zero-order chi connectivity index (χ0) is 11.4. The van der Waals surface area contributed by atoms with Crippen molar-refractivity contribution in [3.05, 3.63) is 5.69 Å². The molecule has 0 aliphatic heterocycles. The fourth-order valence-electron chi connectivity index (χ4n) is 2.09. The van der Waals surface area contributed by atoms with E-state index in [0.29, 0.717) is 12.7 Å². The third-order valence-electron chi connectivity index (χ3n) is 3.20. The van der Waals surface area contributed by atoms with Gasteiger partial charge in [0.15, 0.2) is 0 Å². The fraction of sp³-hybridized carbons (Fsp3) is 0.818. The Kier molecular flexibility index (Phi) is 4.12. The smallest absolute Gasteiger partial charge is 0.135 e. The second-order valence-electron chi connectivity index (χ2n) is 4.49. The summed E-state index contributed by atoms with van der Waals surface area (Å²) < 4.78 is 9.80. The molecule has 0 atom stereocenters. The summed E-state index contributed by atoms with van der Waals surface area (Å²) in [5.74, 6) is 0.869. The molecule has 0 saturated heterocycles. The minimum Gasteiger partial charge on any atom is -0.377 e. The van der Waals surface area contributed by atoms with Gasteiger partial charge in [0.1, 0.15) is 10.7 Å². The predicted molar refractivity (Wildman–Crippen MR) is 65.7 cm³/mol. The van der Waals surface area contributed by atoms with Gasteiger partial charge in [-0.05, 0) is 31.6 Å². The van der Waals surface area contributed by atoms with E-state index in [4.69, 9.17) is 4.74 Å². The summed E-state index contributed by atoms with van der Waals surface area (Å²) in [4.78, 5) is 0. The highest BCUT2D eigenvalue weighted by Crippen LogP contribution is 2.27. The number of anilines is 1. The summed E-state index contributed by atoms with van der Waals surface area (Å²) in [5.41, 5.74) is 0.936. The van der Waals surface area contributed by atoms with Crippen molar-refractivity contribution < 1.29 is 4.74 Å². The molecule has 90 valence electrons. The van der Waals surface area contributed by atoms with Crippen LogP contribution < -0.4 is 5.32 Å². The van der Waals surface area contributed by atoms with E-state index in [2.05, 4.69) is 21.8 Å². The summed E-state index contributed by atoms with van der Waals surface area (Å²) in [6.45, 7) is 2.91. The van der Waals surface area contributed by atoms with Crippen LogP contribution >= 0.6 is 11.5 Å². The molecular weight excluding hydrogens is 222 g/mol. The second-order valence-corrected chi connectivity index (χ2v) is 5.25. The molecule has 1 aliphatic carbocycles. The highest BCUT2D eigenvalue weighted by Gasteiger charge is 2.19. The number of hydrogen-bond donors (Lipinski definition) is 1. The van der Waals surface area contributed by atoms with Gasteiger partial charge >= 0.3 is 0 Å². The summed E-state index contributed by atoms with van der Waals surface area (Å²) in [6.07, 6.45) is 5.38. The van der Waals surface area contributed by atoms with Crippen LogP contribution in [-0.2, 0) is 11.3 Å². The first kappa shape index (κ1) is 11.8. The SMILES string of the molecule is CNc1snnc1COC1CCC(C)CC1. The molecule has 1 aromatic heterocycles. The van der Waals surface area contributed by atoms with E-state index in [1.54, 1.807) is 0 Å². The van der Waals surface area contributed by atoms with Crippen molar-refractivity contribution in [3.63, 3.8) is 0 Å². The summed E-state index contributed by atoms with van der Waals surface area (Å²) >= 11 is 1.38. The van der Waals surface area contributed by atoms with Crippen molar-refractivity contribution in [3.8, 4) is 0 Å². The zero-order valence-corrected chi connectivity index (χ0v) is 10.7. The largest absolute Gasteiger partial charge is 0.377 e. The molecule has 1 saturated carbocycles. The van der Waals surface area contributed by atoms with Crippen LogP contribution in [0.2, 0.25) is 0 Å². The van der Waals surface area contributed by atoms with Crippen LogP contribution in [0.25, 0.3) is 0 Å². The van der Waals surface area contributed by atoms with Crippen molar-refractivity contribution in [1.82, 2.24) is 9.59 Å². The van der Waals surface area contributed by atoms with Gasteiger partial charge in [-0.1, -0.05) is 11.4 Å². The topological polar surface area (TPSA) is 47.0 Å². The molecule has 1 N–H and O–H groups in total. The molecule has 4 nitrogen and oxygen atoms in total. The van der Waals surface area contributed by atoms with Crippen LogP contribution in [0.4, 0.5) is 5.00 Å². The average Bonchev–Trinajstić information content (AvgIpc) is 2.76. The van der Waals surface area contributed by atoms with Crippen molar-refractivity contribution in [2.45, 2.75) is 45.3 Å². The molecule has 0 amide bonds. The zero-order valence-electron chi connectivity index (χ0n) is 9.90. The molecule has 1 aliphatic rings. The Bertz CT molecular complexity index is 321. The first-order chi connectivity index (χ1) is 7.79. The van der Waals surface area contributed by atoms with Crippen molar-refractivity contribution in [2.75, 3.05) is 12.4 Å². The van der Waals surface area contributed by atoms with Crippen LogP contribution in [0.1, 0.15) is 38.3 Å². The number of nitrogens with one attached hydrogen (secondary N) is 1. The van der Waals surface area contributed by atoms with Gasteiger partial charge in [0, 0.05) is 18.6 Å². The maximum Gasteiger partial charge on any atom is 0.135 e. The van der Waals surface area contributed by atoms with Gasteiger partial charge in [-0.3, -0.25) is 0 Å². The Hall–Kier alpha value is -0.680. The third kappa shape index (κ3) is 2.92. The maximum atomic E-state index is 5.88. The van der Waals surface area contributed by atoms with Crippen molar-refractivity contribution >= 4 is 16.5 Å². The molecule has 1 aromatic rings. The fourth-order valence-corrected chi connectivity index (χ4v) is 2.60.